The molecule has 0 aromatic carbocycles. The third-order valence-corrected chi connectivity index (χ3v) is 16.7. The van der Waals surface area contributed by atoms with Crippen LogP contribution < -0.4 is 5.32 Å². The van der Waals surface area contributed by atoms with E-state index in [1.54, 1.807) is 6.08 Å². The van der Waals surface area contributed by atoms with Crippen molar-refractivity contribution in [2.24, 2.45) is 0 Å². The molecule has 0 aromatic heterocycles. The van der Waals surface area contributed by atoms with Gasteiger partial charge in [0.1, 0.15) is 0 Å². The van der Waals surface area contributed by atoms with Gasteiger partial charge in [0, 0.05) is 12.8 Å². The van der Waals surface area contributed by atoms with Crippen molar-refractivity contribution >= 4 is 11.9 Å². The Kier molecular flexibility index (Phi) is 66.4. The zero-order valence-corrected chi connectivity index (χ0v) is 52.9. The number of hydrogen-bond donors (Lipinski definition) is 3. The van der Waals surface area contributed by atoms with E-state index in [9.17, 15) is 19.8 Å². The number of unbranched alkanes of at least 4 members (excludes halogenated alkanes) is 54. The Bertz CT molecular complexity index is 1220. The fourth-order valence-corrected chi connectivity index (χ4v) is 11.3. The van der Waals surface area contributed by atoms with Crippen LogP contribution in [0.4, 0.5) is 0 Å². The predicted octanol–water partition coefficient (Wildman–Crippen LogP) is 22.9. The summed E-state index contributed by atoms with van der Waals surface area (Å²) < 4.78 is 5.49. The van der Waals surface area contributed by atoms with Crippen molar-refractivity contribution in [3.05, 3.63) is 24.3 Å². The molecule has 0 saturated heterocycles. The van der Waals surface area contributed by atoms with Gasteiger partial charge in [0.2, 0.25) is 5.91 Å². The van der Waals surface area contributed by atoms with Crippen LogP contribution in [0.2, 0.25) is 0 Å². The maximum Gasteiger partial charge on any atom is 0.305 e. The van der Waals surface area contributed by atoms with Crippen molar-refractivity contribution in [3.8, 4) is 0 Å². The van der Waals surface area contributed by atoms with E-state index >= 15 is 0 Å². The number of aliphatic hydroxyl groups excluding tert-OH is 2. The molecule has 462 valence electrons. The van der Waals surface area contributed by atoms with Crippen LogP contribution in [0.25, 0.3) is 0 Å². The second-order valence-corrected chi connectivity index (χ2v) is 24.6. The molecule has 0 fully saturated rings. The molecule has 2 unspecified atom stereocenters. The highest BCUT2D eigenvalue weighted by Crippen LogP contribution is 2.19. The zero-order valence-electron chi connectivity index (χ0n) is 52.9. The second kappa shape index (κ2) is 67.8. The van der Waals surface area contributed by atoms with E-state index in [-0.39, 0.29) is 18.5 Å². The molecular formula is C72H139NO5. The summed E-state index contributed by atoms with van der Waals surface area (Å²) in [4.78, 5) is 24.6. The first-order valence-corrected chi connectivity index (χ1v) is 35.6. The summed E-state index contributed by atoms with van der Waals surface area (Å²) >= 11 is 0. The topological polar surface area (TPSA) is 95.9 Å². The molecule has 0 aliphatic heterocycles. The smallest absolute Gasteiger partial charge is 0.305 e. The van der Waals surface area contributed by atoms with E-state index in [0.717, 1.165) is 44.9 Å². The van der Waals surface area contributed by atoms with Crippen molar-refractivity contribution in [2.75, 3.05) is 13.2 Å². The molecule has 0 radical (unpaired) electrons. The molecule has 78 heavy (non-hydrogen) atoms. The predicted molar refractivity (Wildman–Crippen MR) is 343 cm³/mol. The van der Waals surface area contributed by atoms with Crippen LogP contribution in [0.15, 0.2) is 24.3 Å². The second-order valence-electron chi connectivity index (χ2n) is 24.6. The number of carbonyl (C=O) groups excluding carboxylic acids is 2. The van der Waals surface area contributed by atoms with Crippen molar-refractivity contribution in [1.29, 1.82) is 0 Å². The highest BCUT2D eigenvalue weighted by molar-refractivity contribution is 5.76. The monoisotopic (exact) mass is 1100 g/mol. The van der Waals surface area contributed by atoms with E-state index in [1.165, 1.54) is 327 Å². The minimum atomic E-state index is -0.850. The highest BCUT2D eigenvalue weighted by Gasteiger charge is 2.18. The van der Waals surface area contributed by atoms with E-state index in [4.69, 9.17) is 4.74 Å². The van der Waals surface area contributed by atoms with Crippen molar-refractivity contribution in [3.63, 3.8) is 0 Å². The van der Waals surface area contributed by atoms with Gasteiger partial charge in [0.15, 0.2) is 0 Å². The summed E-state index contributed by atoms with van der Waals surface area (Å²) in [7, 11) is 0. The number of hydrogen-bond acceptors (Lipinski definition) is 5. The summed E-state index contributed by atoms with van der Waals surface area (Å²) in [5.41, 5.74) is 0. The maximum absolute atomic E-state index is 12.5. The van der Waals surface area contributed by atoms with Gasteiger partial charge in [-0.15, -0.1) is 0 Å². The third-order valence-electron chi connectivity index (χ3n) is 16.7. The Labute approximate surface area is 488 Å². The molecule has 0 spiro atoms. The minimum Gasteiger partial charge on any atom is -0.466 e. The van der Waals surface area contributed by atoms with Crippen LogP contribution in [0.3, 0.4) is 0 Å². The molecule has 0 bridgehead atoms. The molecular weight excluding hydrogens is 959 g/mol. The Morgan fingerprint density at radius 2 is 0.603 bits per heavy atom. The average molecular weight is 1100 g/mol. The molecule has 6 heteroatoms. The van der Waals surface area contributed by atoms with Gasteiger partial charge in [0.05, 0.1) is 25.4 Å². The number of carbonyl (C=O) groups is 2. The van der Waals surface area contributed by atoms with Gasteiger partial charge < -0.3 is 20.3 Å². The molecule has 0 saturated carbocycles. The fraction of sp³-hybridized carbons (Fsp3) is 0.917. The Morgan fingerprint density at radius 1 is 0.346 bits per heavy atom. The third kappa shape index (κ3) is 63.5. The lowest BCUT2D eigenvalue weighted by Crippen LogP contribution is -2.45. The van der Waals surface area contributed by atoms with E-state index in [2.05, 4.69) is 31.3 Å². The van der Waals surface area contributed by atoms with Crippen LogP contribution in [0, 0.1) is 0 Å². The Balaban J connectivity index is 3.43. The quantitative estimate of drug-likeness (QED) is 0.0320. The normalized spacial score (nSPS) is 12.6. The van der Waals surface area contributed by atoms with Crippen molar-refractivity contribution in [2.45, 2.75) is 411 Å². The molecule has 1 amide bonds. The van der Waals surface area contributed by atoms with Gasteiger partial charge in [-0.1, -0.05) is 353 Å². The summed E-state index contributed by atoms with van der Waals surface area (Å²) in [6.07, 6.45) is 85.4. The average Bonchev–Trinajstić information content (AvgIpc) is 3.44. The van der Waals surface area contributed by atoms with Crippen molar-refractivity contribution < 1.29 is 24.5 Å². The number of ether oxygens (including phenoxy) is 1. The van der Waals surface area contributed by atoms with E-state index in [0.29, 0.717) is 19.4 Å². The molecule has 0 aromatic rings. The maximum atomic E-state index is 12.5. The number of allylic oxidation sites excluding steroid dienone is 3. The summed E-state index contributed by atoms with van der Waals surface area (Å²) in [5.74, 6) is -0.0563. The zero-order chi connectivity index (χ0) is 56.4. The number of aliphatic hydroxyl groups is 2. The molecule has 0 heterocycles. The first-order chi connectivity index (χ1) is 38.5. The number of amides is 1. The highest BCUT2D eigenvalue weighted by atomic mass is 16.5. The lowest BCUT2D eigenvalue weighted by atomic mass is 10.0. The number of esters is 1. The molecule has 3 N–H and O–H groups in total. The van der Waals surface area contributed by atoms with E-state index in [1.807, 2.05) is 6.08 Å². The summed E-state index contributed by atoms with van der Waals surface area (Å²) in [6.45, 7) is 4.94. The summed E-state index contributed by atoms with van der Waals surface area (Å²) in [5, 5.41) is 23.3. The van der Waals surface area contributed by atoms with Crippen LogP contribution in [-0.4, -0.2) is 47.4 Å². The van der Waals surface area contributed by atoms with Gasteiger partial charge >= 0.3 is 5.97 Å². The van der Waals surface area contributed by atoms with Gasteiger partial charge in [-0.3, -0.25) is 9.59 Å². The molecule has 0 aliphatic rings. The SMILES string of the molecule is CCCCCCCCCCCCCCCCCCCCCCCCC/C=C/C(O)C(CO)NC(=O)CCCCCCCCC/C=C\CCCCCCCCCCCCCCOC(=O)CCCCCCCCCCCCCCC. The number of nitrogens with one attached hydrogen (secondary N) is 1. The number of rotatable bonds is 67. The first kappa shape index (κ1) is 76.3. The Hall–Kier alpha value is -1.66. The molecule has 0 aliphatic carbocycles. The van der Waals surface area contributed by atoms with Crippen LogP contribution in [-0.2, 0) is 14.3 Å². The largest absolute Gasteiger partial charge is 0.466 e. The molecule has 6 nitrogen and oxygen atoms in total. The minimum absolute atomic E-state index is 0.0134. The van der Waals surface area contributed by atoms with Gasteiger partial charge in [-0.25, -0.2) is 0 Å². The van der Waals surface area contributed by atoms with Gasteiger partial charge in [-0.05, 0) is 57.8 Å². The van der Waals surface area contributed by atoms with Crippen LogP contribution in [0.1, 0.15) is 399 Å². The fourth-order valence-electron chi connectivity index (χ4n) is 11.3. The summed E-state index contributed by atoms with van der Waals surface area (Å²) in [6, 6.07) is -0.634. The Morgan fingerprint density at radius 3 is 0.910 bits per heavy atom. The first-order valence-electron chi connectivity index (χ1n) is 35.6. The molecule has 0 rings (SSSR count). The van der Waals surface area contributed by atoms with Gasteiger partial charge in [0.25, 0.3) is 0 Å². The molecule has 2 atom stereocenters. The van der Waals surface area contributed by atoms with Crippen LogP contribution in [0.5, 0.6) is 0 Å². The van der Waals surface area contributed by atoms with Crippen LogP contribution >= 0.6 is 0 Å². The lowest BCUT2D eigenvalue weighted by Gasteiger charge is -2.20. The van der Waals surface area contributed by atoms with Crippen molar-refractivity contribution in [1.82, 2.24) is 5.32 Å². The lowest BCUT2D eigenvalue weighted by molar-refractivity contribution is -0.143. The van der Waals surface area contributed by atoms with Gasteiger partial charge in [-0.2, -0.15) is 0 Å². The van der Waals surface area contributed by atoms with E-state index < -0.39 is 12.1 Å². The standard InChI is InChI=1S/C72H139NO5/c1-3-5-7-9-11-13-15-17-18-19-20-21-22-23-25-28-31-34-37-41-44-48-52-56-60-64-70(75)69(68-74)73-71(76)65-61-57-53-49-45-42-38-35-32-29-26-24-27-30-33-36-39-43-47-51-55-59-63-67-78-72(77)66-62-58-54-50-46-40-16-14-12-10-8-6-4-2/h29,32,60,64,69-70,74-75H,3-28,30-31,33-59,61-63,65-68H2,1-2H3,(H,73,76)/b32-29-,64-60+.